The highest BCUT2D eigenvalue weighted by molar-refractivity contribution is 5.76. The predicted molar refractivity (Wildman–Crippen MR) is 44.0 cm³/mol. The van der Waals surface area contributed by atoms with Gasteiger partial charge in [0.1, 0.15) is 0 Å². The number of nitrogens with two attached hydrogens (primary N) is 1. The van der Waals surface area contributed by atoms with Crippen LogP contribution in [0.15, 0.2) is 0 Å². The minimum atomic E-state index is -2.16. The van der Waals surface area contributed by atoms with Crippen LogP contribution in [0.3, 0.4) is 0 Å². The van der Waals surface area contributed by atoms with Crippen molar-refractivity contribution in [2.45, 2.75) is 5.72 Å². The van der Waals surface area contributed by atoms with Crippen molar-refractivity contribution in [1.29, 1.82) is 0 Å². The number of carbonyl (C=O) groups is 1. The molecule has 1 saturated heterocycles. The van der Waals surface area contributed by atoms with Crippen LogP contribution in [0.5, 0.6) is 0 Å². The molecule has 1 heterocycles. The van der Waals surface area contributed by atoms with Crippen molar-refractivity contribution in [3.63, 3.8) is 0 Å². The van der Waals surface area contributed by atoms with Gasteiger partial charge in [-0.15, -0.1) is 0 Å². The van der Waals surface area contributed by atoms with E-state index >= 15 is 0 Å². The fourth-order valence-electron chi connectivity index (χ4n) is 1.17. The molecule has 0 aliphatic carbocycles. The number of carboxylic acid groups (broad SMARTS) is 1. The largest absolute Gasteiger partial charge is 0.478 e. The van der Waals surface area contributed by atoms with E-state index in [1.54, 1.807) is 4.90 Å². The zero-order valence-corrected chi connectivity index (χ0v) is 7.27. The summed E-state index contributed by atoms with van der Waals surface area (Å²) in [4.78, 5) is 12.2. The summed E-state index contributed by atoms with van der Waals surface area (Å²) in [6.07, 6.45) is 0. The molecular formula is C7H14N2O4. The molecule has 6 nitrogen and oxygen atoms in total. The monoisotopic (exact) mass is 190 g/mol. The van der Waals surface area contributed by atoms with Gasteiger partial charge in [-0.2, -0.15) is 0 Å². The van der Waals surface area contributed by atoms with Crippen molar-refractivity contribution in [1.82, 2.24) is 4.90 Å². The molecule has 1 aliphatic heterocycles. The molecule has 0 bridgehead atoms. The number of aliphatic carboxylic acids is 1. The first-order valence-corrected chi connectivity index (χ1v) is 4.07. The molecule has 6 heteroatoms. The lowest BCUT2D eigenvalue weighted by Gasteiger charge is -2.31. The predicted octanol–water partition coefficient (Wildman–Crippen LogP) is -1.95. The Labute approximate surface area is 75.9 Å². The lowest BCUT2D eigenvalue weighted by molar-refractivity contribution is -0.161. The Kier molecular flexibility index (Phi) is 3.21. The van der Waals surface area contributed by atoms with E-state index in [0.717, 1.165) is 0 Å². The first-order chi connectivity index (χ1) is 6.02. The van der Waals surface area contributed by atoms with Gasteiger partial charge < -0.3 is 14.9 Å². The van der Waals surface area contributed by atoms with Crippen molar-refractivity contribution in [2.75, 3.05) is 32.8 Å². The van der Waals surface area contributed by atoms with Gasteiger partial charge in [-0.05, 0) is 0 Å². The van der Waals surface area contributed by atoms with E-state index in [9.17, 15) is 9.90 Å². The molecule has 0 saturated carbocycles. The van der Waals surface area contributed by atoms with E-state index in [-0.39, 0.29) is 6.54 Å². The fraction of sp³-hybridized carbons (Fsp3) is 0.857. The zero-order chi connectivity index (χ0) is 9.90. The zero-order valence-electron chi connectivity index (χ0n) is 7.27. The van der Waals surface area contributed by atoms with E-state index in [4.69, 9.17) is 15.6 Å². The lowest BCUT2D eigenvalue weighted by Crippen LogP contribution is -2.57. The van der Waals surface area contributed by atoms with Crippen LogP contribution in [0.4, 0.5) is 0 Å². The van der Waals surface area contributed by atoms with Crippen LogP contribution in [0.2, 0.25) is 0 Å². The summed E-state index contributed by atoms with van der Waals surface area (Å²) in [5.74, 6) is -1.40. The van der Waals surface area contributed by atoms with E-state index < -0.39 is 11.7 Å². The maximum absolute atomic E-state index is 10.5. The van der Waals surface area contributed by atoms with Crippen molar-refractivity contribution in [2.24, 2.45) is 5.73 Å². The SMILES string of the molecule is NC(O)(CN1CCOCC1)C(=O)O. The standard InChI is InChI=1S/C7H14N2O4/c8-7(12,6(10)11)5-9-1-3-13-4-2-9/h12H,1-5,8H2,(H,10,11). The number of β-amino-alcohol motifs (C(OH)–C–C–N with tert-alkyl or cyclic N) is 1. The second-order valence-electron chi connectivity index (χ2n) is 3.12. The van der Waals surface area contributed by atoms with Crippen LogP contribution < -0.4 is 5.73 Å². The molecule has 0 radical (unpaired) electrons. The van der Waals surface area contributed by atoms with Gasteiger partial charge in [0.25, 0.3) is 0 Å². The first-order valence-electron chi connectivity index (χ1n) is 4.07. The quantitative estimate of drug-likeness (QED) is 0.448. The van der Waals surface area contributed by atoms with Gasteiger partial charge in [-0.1, -0.05) is 0 Å². The Balaban J connectivity index is 2.41. The number of carboxylic acids is 1. The Morgan fingerprint density at radius 1 is 1.54 bits per heavy atom. The minimum Gasteiger partial charge on any atom is -0.478 e. The van der Waals surface area contributed by atoms with Crippen LogP contribution in [0, 0.1) is 0 Å². The number of ether oxygens (including phenoxy) is 1. The normalized spacial score (nSPS) is 23.8. The van der Waals surface area contributed by atoms with Crippen LogP contribution in [0.1, 0.15) is 0 Å². The highest BCUT2D eigenvalue weighted by atomic mass is 16.5. The lowest BCUT2D eigenvalue weighted by atomic mass is 10.2. The molecule has 1 aliphatic rings. The molecule has 0 spiro atoms. The van der Waals surface area contributed by atoms with Gasteiger partial charge in [0.2, 0.25) is 5.72 Å². The number of morpholine rings is 1. The third-order valence-electron chi connectivity index (χ3n) is 1.94. The third-order valence-corrected chi connectivity index (χ3v) is 1.94. The van der Waals surface area contributed by atoms with Gasteiger partial charge >= 0.3 is 5.97 Å². The second-order valence-corrected chi connectivity index (χ2v) is 3.12. The van der Waals surface area contributed by atoms with Crippen molar-refractivity contribution in [3.05, 3.63) is 0 Å². The topological polar surface area (TPSA) is 96.0 Å². The maximum atomic E-state index is 10.5. The highest BCUT2D eigenvalue weighted by Gasteiger charge is 2.33. The summed E-state index contributed by atoms with van der Waals surface area (Å²) in [5, 5.41) is 17.8. The summed E-state index contributed by atoms with van der Waals surface area (Å²) in [6.45, 7) is 2.25. The molecular weight excluding hydrogens is 176 g/mol. The van der Waals surface area contributed by atoms with Crippen LogP contribution in [0.25, 0.3) is 0 Å². The molecule has 0 amide bonds. The van der Waals surface area contributed by atoms with Crippen molar-refractivity contribution in [3.8, 4) is 0 Å². The van der Waals surface area contributed by atoms with Gasteiger partial charge in [0.15, 0.2) is 0 Å². The van der Waals surface area contributed by atoms with Gasteiger partial charge in [0.05, 0.1) is 19.8 Å². The van der Waals surface area contributed by atoms with Gasteiger partial charge in [0, 0.05) is 13.1 Å². The summed E-state index contributed by atoms with van der Waals surface area (Å²) in [6, 6.07) is 0. The fourth-order valence-corrected chi connectivity index (χ4v) is 1.17. The summed E-state index contributed by atoms with van der Waals surface area (Å²) < 4.78 is 5.06. The number of aliphatic hydroxyl groups is 1. The molecule has 13 heavy (non-hydrogen) atoms. The third kappa shape index (κ3) is 2.92. The molecule has 1 atom stereocenters. The summed E-state index contributed by atoms with van der Waals surface area (Å²) in [5.41, 5.74) is 3.01. The number of hydrogen-bond donors (Lipinski definition) is 3. The smallest absolute Gasteiger partial charge is 0.352 e. The Bertz CT molecular complexity index is 189. The van der Waals surface area contributed by atoms with Crippen LogP contribution >= 0.6 is 0 Å². The van der Waals surface area contributed by atoms with Crippen LogP contribution in [-0.4, -0.2) is 59.7 Å². The van der Waals surface area contributed by atoms with Gasteiger partial charge in [-0.3, -0.25) is 10.6 Å². The Morgan fingerprint density at radius 3 is 2.54 bits per heavy atom. The average molecular weight is 190 g/mol. The molecule has 0 aromatic heterocycles. The van der Waals surface area contributed by atoms with E-state index in [1.165, 1.54) is 0 Å². The van der Waals surface area contributed by atoms with E-state index in [0.29, 0.717) is 26.3 Å². The van der Waals surface area contributed by atoms with Gasteiger partial charge in [-0.25, -0.2) is 4.79 Å². The summed E-state index contributed by atoms with van der Waals surface area (Å²) in [7, 11) is 0. The Morgan fingerprint density at radius 2 is 2.08 bits per heavy atom. The Hall–Kier alpha value is -0.690. The average Bonchev–Trinajstić information content (AvgIpc) is 2.05. The summed E-state index contributed by atoms with van der Waals surface area (Å²) >= 11 is 0. The molecule has 76 valence electrons. The molecule has 0 aromatic rings. The molecule has 0 aromatic carbocycles. The minimum absolute atomic E-state index is 0.0638. The molecule has 4 N–H and O–H groups in total. The highest BCUT2D eigenvalue weighted by Crippen LogP contribution is 2.03. The van der Waals surface area contributed by atoms with Crippen molar-refractivity contribution < 1.29 is 19.7 Å². The first kappa shape index (κ1) is 10.4. The number of nitrogens with zero attached hydrogens (tertiary/aromatic N) is 1. The maximum Gasteiger partial charge on any atom is 0.352 e. The van der Waals surface area contributed by atoms with E-state index in [1.807, 2.05) is 0 Å². The van der Waals surface area contributed by atoms with E-state index in [2.05, 4.69) is 0 Å². The van der Waals surface area contributed by atoms with Crippen molar-refractivity contribution >= 4 is 5.97 Å². The molecule has 1 rings (SSSR count). The molecule has 1 fully saturated rings. The molecule has 1 unspecified atom stereocenters. The second kappa shape index (κ2) is 4.01. The van der Waals surface area contributed by atoms with Crippen LogP contribution in [-0.2, 0) is 9.53 Å². The number of hydrogen-bond acceptors (Lipinski definition) is 5. The number of rotatable bonds is 3.